The molecule has 2 heterocycles. The highest BCUT2D eigenvalue weighted by Crippen LogP contribution is 2.27. The van der Waals surface area contributed by atoms with Gasteiger partial charge in [-0.1, -0.05) is 39.0 Å². The molecule has 1 amide bonds. The van der Waals surface area contributed by atoms with Crippen LogP contribution in [-0.4, -0.2) is 39.9 Å². The number of carbonyl (C=O) groups is 1. The fourth-order valence-electron chi connectivity index (χ4n) is 2.67. The Morgan fingerprint density at radius 2 is 2.13 bits per heavy atom. The summed E-state index contributed by atoms with van der Waals surface area (Å²) in [6.45, 7) is 7.33. The molecule has 2 aromatic rings. The third-order valence-electron chi connectivity index (χ3n) is 4.20. The number of amides is 1. The van der Waals surface area contributed by atoms with E-state index in [1.165, 1.54) is 0 Å². The van der Waals surface area contributed by atoms with Crippen LogP contribution in [0.1, 0.15) is 37.2 Å². The van der Waals surface area contributed by atoms with Crippen molar-refractivity contribution in [2.45, 2.75) is 33.2 Å². The highest BCUT2D eigenvalue weighted by molar-refractivity contribution is 5.90. The molecule has 1 aromatic heterocycles. The van der Waals surface area contributed by atoms with Gasteiger partial charge in [0.2, 0.25) is 5.82 Å². The average molecular weight is 314 g/mol. The molecule has 6 heteroatoms. The van der Waals surface area contributed by atoms with E-state index in [4.69, 9.17) is 4.74 Å². The second-order valence-corrected chi connectivity index (χ2v) is 6.48. The zero-order valence-corrected chi connectivity index (χ0v) is 13.7. The van der Waals surface area contributed by atoms with Crippen molar-refractivity contribution in [1.82, 2.24) is 20.1 Å². The molecule has 1 aliphatic rings. The van der Waals surface area contributed by atoms with Gasteiger partial charge in [0.1, 0.15) is 5.82 Å². The zero-order valence-electron chi connectivity index (χ0n) is 13.7. The van der Waals surface area contributed by atoms with E-state index in [9.17, 15) is 4.79 Å². The van der Waals surface area contributed by atoms with Gasteiger partial charge in [-0.2, -0.15) is 0 Å². The number of benzene rings is 1. The molecular formula is C17H22N4O2. The zero-order chi connectivity index (χ0) is 16.4. The van der Waals surface area contributed by atoms with Crippen molar-refractivity contribution < 1.29 is 9.53 Å². The minimum atomic E-state index is -0.252. The number of hydrogen-bond acceptors (Lipinski definition) is 4. The van der Waals surface area contributed by atoms with Gasteiger partial charge < -0.3 is 10.1 Å². The van der Waals surface area contributed by atoms with Gasteiger partial charge in [0.05, 0.1) is 24.9 Å². The lowest BCUT2D eigenvalue weighted by Gasteiger charge is -2.24. The SMILES string of the molecule is CCc1nc(C(=O)NC2COCC2(C)C)nn1-c1ccccc1. The smallest absolute Gasteiger partial charge is 0.291 e. The summed E-state index contributed by atoms with van der Waals surface area (Å²) >= 11 is 0. The topological polar surface area (TPSA) is 69.0 Å². The number of hydrogen-bond donors (Lipinski definition) is 1. The average Bonchev–Trinajstić information content (AvgIpc) is 3.12. The van der Waals surface area contributed by atoms with Gasteiger partial charge in [-0.3, -0.25) is 4.79 Å². The van der Waals surface area contributed by atoms with Crippen molar-refractivity contribution in [2.75, 3.05) is 13.2 Å². The van der Waals surface area contributed by atoms with Crippen molar-refractivity contribution in [3.05, 3.63) is 42.0 Å². The van der Waals surface area contributed by atoms with Crippen LogP contribution in [0.3, 0.4) is 0 Å². The van der Waals surface area contributed by atoms with Crippen LogP contribution in [0.4, 0.5) is 0 Å². The molecular weight excluding hydrogens is 292 g/mol. The number of para-hydroxylation sites is 1. The van der Waals surface area contributed by atoms with Crippen molar-refractivity contribution in [3.8, 4) is 5.69 Å². The van der Waals surface area contributed by atoms with Crippen molar-refractivity contribution in [1.29, 1.82) is 0 Å². The summed E-state index contributed by atoms with van der Waals surface area (Å²) in [7, 11) is 0. The van der Waals surface area contributed by atoms with Crippen LogP contribution in [0.15, 0.2) is 30.3 Å². The second kappa shape index (κ2) is 6.12. The maximum Gasteiger partial charge on any atom is 0.291 e. The van der Waals surface area contributed by atoms with Gasteiger partial charge >= 0.3 is 0 Å². The molecule has 0 bridgehead atoms. The normalized spacial score (nSPS) is 19.7. The quantitative estimate of drug-likeness (QED) is 0.937. The number of rotatable bonds is 4. The monoisotopic (exact) mass is 314 g/mol. The van der Waals surface area contributed by atoms with Crippen LogP contribution in [0.25, 0.3) is 5.69 Å². The molecule has 0 saturated carbocycles. The molecule has 1 aromatic carbocycles. The molecule has 1 atom stereocenters. The maximum atomic E-state index is 12.5. The Morgan fingerprint density at radius 3 is 2.74 bits per heavy atom. The fourth-order valence-corrected chi connectivity index (χ4v) is 2.67. The largest absolute Gasteiger partial charge is 0.379 e. The number of carbonyl (C=O) groups excluding carboxylic acids is 1. The third-order valence-corrected chi connectivity index (χ3v) is 4.20. The molecule has 0 aliphatic carbocycles. The lowest BCUT2D eigenvalue weighted by Crippen LogP contribution is -2.44. The van der Waals surface area contributed by atoms with Crippen molar-refractivity contribution >= 4 is 5.91 Å². The first-order valence-electron chi connectivity index (χ1n) is 7.91. The van der Waals surface area contributed by atoms with Gasteiger partial charge in [-0.25, -0.2) is 9.67 Å². The molecule has 23 heavy (non-hydrogen) atoms. The van der Waals surface area contributed by atoms with Gasteiger partial charge in [-0.15, -0.1) is 5.10 Å². The summed E-state index contributed by atoms with van der Waals surface area (Å²) < 4.78 is 7.20. The van der Waals surface area contributed by atoms with Crippen LogP contribution < -0.4 is 5.32 Å². The molecule has 1 unspecified atom stereocenters. The number of ether oxygens (including phenoxy) is 1. The molecule has 1 saturated heterocycles. The molecule has 0 spiro atoms. The Balaban J connectivity index is 1.83. The molecule has 0 radical (unpaired) electrons. The summed E-state index contributed by atoms with van der Waals surface area (Å²) in [5.41, 5.74) is 0.825. The van der Waals surface area contributed by atoms with E-state index in [1.54, 1.807) is 4.68 Å². The van der Waals surface area contributed by atoms with Gasteiger partial charge in [-0.05, 0) is 12.1 Å². The van der Waals surface area contributed by atoms with Gasteiger partial charge in [0.25, 0.3) is 5.91 Å². The number of aromatic nitrogens is 3. The number of nitrogens with zero attached hydrogens (tertiary/aromatic N) is 3. The highest BCUT2D eigenvalue weighted by atomic mass is 16.5. The van der Waals surface area contributed by atoms with E-state index < -0.39 is 0 Å². The summed E-state index contributed by atoms with van der Waals surface area (Å²) in [5, 5.41) is 7.39. The van der Waals surface area contributed by atoms with Crippen LogP contribution in [0.5, 0.6) is 0 Å². The van der Waals surface area contributed by atoms with E-state index in [2.05, 4.69) is 29.2 Å². The molecule has 1 N–H and O–H groups in total. The maximum absolute atomic E-state index is 12.5. The molecule has 122 valence electrons. The fraction of sp³-hybridized carbons (Fsp3) is 0.471. The van der Waals surface area contributed by atoms with E-state index >= 15 is 0 Å². The lowest BCUT2D eigenvalue weighted by molar-refractivity contribution is 0.0904. The van der Waals surface area contributed by atoms with E-state index in [-0.39, 0.29) is 23.2 Å². The molecule has 3 rings (SSSR count). The Bertz CT molecular complexity index is 694. The number of nitrogens with one attached hydrogen (secondary N) is 1. The van der Waals surface area contributed by atoms with Crippen LogP contribution >= 0.6 is 0 Å². The number of aryl methyl sites for hydroxylation is 1. The van der Waals surface area contributed by atoms with Crippen LogP contribution in [-0.2, 0) is 11.2 Å². The van der Waals surface area contributed by atoms with E-state index in [0.29, 0.717) is 19.6 Å². The second-order valence-electron chi connectivity index (χ2n) is 6.48. The first kappa shape index (κ1) is 15.7. The van der Waals surface area contributed by atoms with Crippen LogP contribution in [0.2, 0.25) is 0 Å². The summed E-state index contributed by atoms with van der Waals surface area (Å²) in [6, 6.07) is 9.70. The molecule has 1 aliphatic heterocycles. The van der Waals surface area contributed by atoms with Crippen LogP contribution in [0, 0.1) is 5.41 Å². The van der Waals surface area contributed by atoms with Crippen molar-refractivity contribution in [2.24, 2.45) is 5.41 Å². The standard InChI is InChI=1S/C17H22N4O2/c1-4-14-19-15(20-21(14)12-8-6-5-7-9-12)16(22)18-13-10-23-11-17(13,2)3/h5-9,13H,4,10-11H2,1-3H3,(H,18,22). The predicted octanol–water partition coefficient (Wildman–Crippen LogP) is 1.98. The Kier molecular flexibility index (Phi) is 4.17. The predicted molar refractivity (Wildman–Crippen MR) is 86.6 cm³/mol. The summed E-state index contributed by atoms with van der Waals surface area (Å²) in [4.78, 5) is 16.9. The molecule has 1 fully saturated rings. The summed E-state index contributed by atoms with van der Waals surface area (Å²) in [5.74, 6) is 0.717. The van der Waals surface area contributed by atoms with Crippen molar-refractivity contribution in [3.63, 3.8) is 0 Å². The van der Waals surface area contributed by atoms with E-state index in [0.717, 1.165) is 11.5 Å². The minimum Gasteiger partial charge on any atom is -0.379 e. The van der Waals surface area contributed by atoms with E-state index in [1.807, 2.05) is 37.3 Å². The first-order chi connectivity index (χ1) is 11.0. The minimum absolute atomic E-state index is 0.0243. The van der Waals surface area contributed by atoms with Gasteiger partial charge in [0, 0.05) is 11.8 Å². The Morgan fingerprint density at radius 1 is 1.39 bits per heavy atom. The lowest BCUT2D eigenvalue weighted by atomic mass is 9.88. The first-order valence-corrected chi connectivity index (χ1v) is 7.91. The highest BCUT2D eigenvalue weighted by Gasteiger charge is 2.37. The third kappa shape index (κ3) is 3.12. The summed E-state index contributed by atoms with van der Waals surface area (Å²) in [6.07, 6.45) is 0.702. The molecule has 6 nitrogen and oxygen atoms in total. The Labute approximate surface area is 135 Å². The Hall–Kier alpha value is -2.21. The van der Waals surface area contributed by atoms with Gasteiger partial charge in [0.15, 0.2) is 0 Å².